The molecule has 0 radical (unpaired) electrons. The van der Waals surface area contributed by atoms with Gasteiger partial charge in [-0.15, -0.1) is 11.3 Å². The summed E-state index contributed by atoms with van der Waals surface area (Å²) in [5.41, 5.74) is 0.116. The standard InChI is InChI=1S/C12H21N3OS/c1-12(2,3)11-15-8-9(17-11)7-14-6-5-10(16)13-4/h8,14H,5-7H2,1-4H3,(H,13,16). The molecule has 0 aliphatic rings. The molecule has 0 bridgehead atoms. The second-order valence-corrected chi connectivity index (χ2v) is 6.10. The smallest absolute Gasteiger partial charge is 0.221 e. The van der Waals surface area contributed by atoms with Gasteiger partial charge in [0.15, 0.2) is 0 Å². The van der Waals surface area contributed by atoms with E-state index in [2.05, 4.69) is 36.4 Å². The van der Waals surface area contributed by atoms with Crippen LogP contribution in [0.1, 0.15) is 37.1 Å². The lowest BCUT2D eigenvalue weighted by atomic mass is 9.98. The van der Waals surface area contributed by atoms with Gasteiger partial charge >= 0.3 is 0 Å². The Hall–Kier alpha value is -0.940. The zero-order valence-electron chi connectivity index (χ0n) is 11.0. The van der Waals surface area contributed by atoms with E-state index in [1.54, 1.807) is 18.4 Å². The van der Waals surface area contributed by atoms with Crippen molar-refractivity contribution in [3.05, 3.63) is 16.1 Å². The maximum absolute atomic E-state index is 11.0. The first-order valence-electron chi connectivity index (χ1n) is 5.80. The Labute approximate surface area is 107 Å². The minimum absolute atomic E-state index is 0.0668. The van der Waals surface area contributed by atoms with E-state index in [1.807, 2.05) is 6.20 Å². The molecule has 0 unspecified atom stereocenters. The van der Waals surface area contributed by atoms with Gasteiger partial charge in [0.25, 0.3) is 0 Å². The minimum atomic E-state index is 0.0668. The van der Waals surface area contributed by atoms with Gasteiger partial charge in [-0.25, -0.2) is 4.98 Å². The highest BCUT2D eigenvalue weighted by molar-refractivity contribution is 7.11. The van der Waals surface area contributed by atoms with E-state index in [1.165, 1.54) is 4.88 Å². The minimum Gasteiger partial charge on any atom is -0.359 e. The third kappa shape index (κ3) is 4.83. The first kappa shape index (κ1) is 14.1. The molecule has 4 nitrogen and oxygen atoms in total. The van der Waals surface area contributed by atoms with E-state index in [9.17, 15) is 4.79 Å². The van der Waals surface area contributed by atoms with E-state index in [-0.39, 0.29) is 11.3 Å². The molecule has 0 fully saturated rings. The molecule has 1 amide bonds. The fraction of sp³-hybridized carbons (Fsp3) is 0.667. The van der Waals surface area contributed by atoms with Crippen LogP contribution in [0, 0.1) is 0 Å². The van der Waals surface area contributed by atoms with Crippen LogP contribution in [0.4, 0.5) is 0 Å². The van der Waals surface area contributed by atoms with Crippen molar-refractivity contribution >= 4 is 17.2 Å². The quantitative estimate of drug-likeness (QED) is 0.787. The molecule has 1 heterocycles. The van der Waals surface area contributed by atoms with Crippen molar-refractivity contribution in [2.45, 2.75) is 39.2 Å². The zero-order chi connectivity index (χ0) is 12.9. The molecule has 17 heavy (non-hydrogen) atoms. The highest BCUT2D eigenvalue weighted by Crippen LogP contribution is 2.26. The largest absolute Gasteiger partial charge is 0.359 e. The highest BCUT2D eigenvalue weighted by Gasteiger charge is 2.17. The Morgan fingerprint density at radius 3 is 2.71 bits per heavy atom. The normalized spacial score (nSPS) is 11.5. The molecule has 1 aromatic rings. The monoisotopic (exact) mass is 255 g/mol. The molecule has 1 rings (SSSR count). The lowest BCUT2D eigenvalue weighted by molar-refractivity contribution is -0.120. The van der Waals surface area contributed by atoms with Crippen molar-refractivity contribution < 1.29 is 4.79 Å². The molecule has 0 aromatic carbocycles. The predicted octanol–water partition coefficient (Wildman–Crippen LogP) is 1.67. The molecule has 1 aromatic heterocycles. The predicted molar refractivity (Wildman–Crippen MR) is 71.2 cm³/mol. The van der Waals surface area contributed by atoms with E-state index >= 15 is 0 Å². The number of aromatic nitrogens is 1. The number of amides is 1. The van der Waals surface area contributed by atoms with Crippen molar-refractivity contribution in [3.63, 3.8) is 0 Å². The van der Waals surface area contributed by atoms with Crippen LogP contribution in [-0.4, -0.2) is 24.5 Å². The van der Waals surface area contributed by atoms with Crippen molar-refractivity contribution in [2.24, 2.45) is 0 Å². The second-order valence-electron chi connectivity index (χ2n) is 4.98. The van der Waals surface area contributed by atoms with Crippen LogP contribution in [-0.2, 0) is 16.8 Å². The van der Waals surface area contributed by atoms with Crippen LogP contribution in [0.3, 0.4) is 0 Å². The summed E-state index contributed by atoms with van der Waals surface area (Å²) in [6.07, 6.45) is 2.43. The van der Waals surface area contributed by atoms with Crippen molar-refractivity contribution in [1.82, 2.24) is 15.6 Å². The molecule has 0 saturated carbocycles. The summed E-state index contributed by atoms with van der Waals surface area (Å²) in [5, 5.41) is 6.99. The lowest BCUT2D eigenvalue weighted by Gasteiger charge is -2.13. The topological polar surface area (TPSA) is 54.0 Å². The van der Waals surface area contributed by atoms with Gasteiger partial charge in [0.05, 0.1) is 5.01 Å². The van der Waals surface area contributed by atoms with Gasteiger partial charge < -0.3 is 10.6 Å². The fourth-order valence-electron chi connectivity index (χ4n) is 1.27. The number of thiazole rings is 1. The summed E-state index contributed by atoms with van der Waals surface area (Å²) in [6, 6.07) is 0. The maximum atomic E-state index is 11.0. The molecule has 0 aliphatic heterocycles. The Morgan fingerprint density at radius 1 is 1.47 bits per heavy atom. The van der Waals surface area contributed by atoms with Gasteiger partial charge in [0, 0.05) is 43.0 Å². The van der Waals surface area contributed by atoms with Crippen LogP contribution in [0.5, 0.6) is 0 Å². The molecule has 5 heteroatoms. The first-order valence-corrected chi connectivity index (χ1v) is 6.61. The maximum Gasteiger partial charge on any atom is 0.221 e. The average molecular weight is 255 g/mol. The van der Waals surface area contributed by atoms with Gasteiger partial charge in [-0.2, -0.15) is 0 Å². The number of hydrogen-bond donors (Lipinski definition) is 2. The Kier molecular flexibility index (Phi) is 5.08. The number of nitrogens with zero attached hydrogens (tertiary/aromatic N) is 1. The third-order valence-corrected chi connectivity index (χ3v) is 3.73. The van der Waals surface area contributed by atoms with Crippen molar-refractivity contribution in [3.8, 4) is 0 Å². The van der Waals surface area contributed by atoms with Crippen LogP contribution < -0.4 is 10.6 Å². The van der Waals surface area contributed by atoms with Gasteiger partial charge in [-0.3, -0.25) is 4.79 Å². The average Bonchev–Trinajstić information content (AvgIpc) is 2.72. The molecule has 0 aliphatic carbocycles. The summed E-state index contributed by atoms with van der Waals surface area (Å²) in [4.78, 5) is 16.6. The van der Waals surface area contributed by atoms with Gasteiger partial charge in [-0.1, -0.05) is 20.8 Å². The number of hydrogen-bond acceptors (Lipinski definition) is 4. The SMILES string of the molecule is CNC(=O)CCNCc1cnc(C(C)(C)C)s1. The lowest BCUT2D eigenvalue weighted by Crippen LogP contribution is -2.24. The molecule has 96 valence electrons. The van der Waals surface area contributed by atoms with Gasteiger partial charge in [0.1, 0.15) is 0 Å². The van der Waals surface area contributed by atoms with Gasteiger partial charge in [0.2, 0.25) is 5.91 Å². The fourth-order valence-corrected chi connectivity index (χ4v) is 2.21. The molecular formula is C12H21N3OS. The zero-order valence-corrected chi connectivity index (χ0v) is 11.8. The van der Waals surface area contributed by atoms with E-state index in [0.717, 1.165) is 11.6 Å². The summed E-state index contributed by atoms with van der Waals surface area (Å²) in [7, 11) is 1.65. The molecule has 0 atom stereocenters. The summed E-state index contributed by atoms with van der Waals surface area (Å²) < 4.78 is 0. The van der Waals surface area contributed by atoms with E-state index in [4.69, 9.17) is 0 Å². The van der Waals surface area contributed by atoms with Gasteiger partial charge in [-0.05, 0) is 0 Å². The van der Waals surface area contributed by atoms with Crippen LogP contribution >= 0.6 is 11.3 Å². The summed E-state index contributed by atoms with van der Waals surface area (Å²) in [5.74, 6) is 0.0668. The van der Waals surface area contributed by atoms with E-state index < -0.39 is 0 Å². The summed E-state index contributed by atoms with van der Waals surface area (Å²) >= 11 is 1.73. The number of carbonyl (C=O) groups is 1. The highest BCUT2D eigenvalue weighted by atomic mass is 32.1. The van der Waals surface area contributed by atoms with Crippen molar-refractivity contribution in [2.75, 3.05) is 13.6 Å². The number of carbonyl (C=O) groups excluding carboxylic acids is 1. The van der Waals surface area contributed by atoms with Crippen LogP contribution in [0.25, 0.3) is 0 Å². The second kappa shape index (κ2) is 6.12. The van der Waals surface area contributed by atoms with Crippen LogP contribution in [0.15, 0.2) is 6.20 Å². The molecule has 0 spiro atoms. The Morgan fingerprint density at radius 2 is 2.18 bits per heavy atom. The van der Waals surface area contributed by atoms with Crippen molar-refractivity contribution in [1.29, 1.82) is 0 Å². The van der Waals surface area contributed by atoms with Crippen LogP contribution in [0.2, 0.25) is 0 Å². The Bertz CT molecular complexity index is 368. The molecule has 0 saturated heterocycles. The number of rotatable bonds is 5. The molecular weight excluding hydrogens is 234 g/mol. The Balaban J connectivity index is 2.33. The first-order chi connectivity index (χ1) is 7.93. The summed E-state index contributed by atoms with van der Waals surface area (Å²) in [6.45, 7) is 7.96. The molecule has 2 N–H and O–H groups in total. The third-order valence-electron chi connectivity index (χ3n) is 2.30. The number of nitrogens with one attached hydrogen (secondary N) is 2. The van der Waals surface area contributed by atoms with E-state index in [0.29, 0.717) is 13.0 Å².